The number of methoxy groups -OCH3 is 1. The lowest BCUT2D eigenvalue weighted by atomic mass is 10.1. The molecule has 1 atom stereocenters. The second kappa shape index (κ2) is 6.85. The third-order valence-corrected chi connectivity index (χ3v) is 5.47. The van der Waals surface area contributed by atoms with Crippen LogP contribution in [0.5, 0.6) is 5.75 Å². The van der Waals surface area contributed by atoms with Gasteiger partial charge in [-0.2, -0.15) is 0 Å². The Bertz CT molecular complexity index is 1010. The fourth-order valence-electron chi connectivity index (χ4n) is 3.23. The van der Waals surface area contributed by atoms with Crippen LogP contribution < -0.4 is 15.4 Å². The Balaban J connectivity index is 1.66. The van der Waals surface area contributed by atoms with E-state index in [4.69, 9.17) is 10.5 Å². The van der Waals surface area contributed by atoms with E-state index in [2.05, 4.69) is 4.98 Å². The number of hydrogen-bond acceptors (Lipinski definition) is 5. The van der Waals surface area contributed by atoms with Gasteiger partial charge in [-0.1, -0.05) is 18.2 Å². The van der Waals surface area contributed by atoms with Gasteiger partial charge in [0.15, 0.2) is 0 Å². The van der Waals surface area contributed by atoms with Gasteiger partial charge in [0, 0.05) is 23.1 Å². The van der Waals surface area contributed by atoms with Gasteiger partial charge in [-0.25, -0.2) is 4.98 Å². The maximum atomic E-state index is 13.1. The van der Waals surface area contributed by atoms with E-state index in [-0.39, 0.29) is 5.91 Å². The molecule has 2 amide bonds. The standard InChI is InChI=1S/C20H17N3O3S/c1-26-14-8-6-12(7-9-14)19-22-15(11-27-19)20(25)23-16-5-3-2-4-13(16)10-17(23)18(21)24/h2-9,11,17H,10H2,1H3,(H2,21,24)/t17-/m0/s1. The summed E-state index contributed by atoms with van der Waals surface area (Å²) < 4.78 is 5.16. The highest BCUT2D eigenvalue weighted by Gasteiger charge is 2.38. The normalized spacial score (nSPS) is 15.4. The number of rotatable bonds is 4. The molecule has 0 saturated heterocycles. The van der Waals surface area contributed by atoms with Crippen LogP contribution in [0.3, 0.4) is 0 Å². The van der Waals surface area contributed by atoms with Gasteiger partial charge >= 0.3 is 0 Å². The third-order valence-electron chi connectivity index (χ3n) is 4.58. The molecule has 0 spiro atoms. The number of aromatic nitrogens is 1. The van der Waals surface area contributed by atoms with Crippen LogP contribution in [-0.2, 0) is 11.2 Å². The van der Waals surface area contributed by atoms with Crippen molar-refractivity contribution in [3.63, 3.8) is 0 Å². The summed E-state index contributed by atoms with van der Waals surface area (Å²) in [6.45, 7) is 0. The first-order valence-corrected chi connectivity index (χ1v) is 9.27. The molecule has 0 radical (unpaired) electrons. The molecule has 2 heterocycles. The molecule has 0 aliphatic carbocycles. The van der Waals surface area contributed by atoms with Crippen LogP contribution in [0.25, 0.3) is 10.6 Å². The van der Waals surface area contributed by atoms with E-state index in [0.29, 0.717) is 17.8 Å². The number of fused-ring (bicyclic) bond motifs is 1. The Morgan fingerprint density at radius 3 is 2.63 bits per heavy atom. The van der Waals surface area contributed by atoms with Crippen LogP contribution in [-0.4, -0.2) is 29.9 Å². The maximum absolute atomic E-state index is 13.1. The summed E-state index contributed by atoms with van der Waals surface area (Å²) in [5.41, 5.74) is 8.38. The number of thiazole rings is 1. The summed E-state index contributed by atoms with van der Waals surface area (Å²) in [5, 5.41) is 2.44. The van der Waals surface area contributed by atoms with Crippen LogP contribution in [0, 0.1) is 0 Å². The molecule has 6 nitrogen and oxygen atoms in total. The predicted octanol–water partition coefficient (Wildman–Crippen LogP) is 2.88. The third kappa shape index (κ3) is 3.06. The number of benzene rings is 2. The Labute approximate surface area is 160 Å². The van der Waals surface area contributed by atoms with Crippen molar-refractivity contribution in [1.29, 1.82) is 0 Å². The molecule has 27 heavy (non-hydrogen) atoms. The average Bonchev–Trinajstić information content (AvgIpc) is 3.33. The quantitative estimate of drug-likeness (QED) is 0.755. The SMILES string of the molecule is COc1ccc(-c2nc(C(=O)N3c4ccccc4C[C@H]3C(N)=O)cs2)cc1. The number of anilines is 1. The second-order valence-corrected chi connectivity index (χ2v) is 7.05. The maximum Gasteiger partial charge on any atom is 0.278 e. The molecule has 0 bridgehead atoms. The molecule has 2 aromatic carbocycles. The summed E-state index contributed by atoms with van der Waals surface area (Å²) in [6.07, 6.45) is 0.423. The van der Waals surface area contributed by atoms with E-state index in [9.17, 15) is 9.59 Å². The van der Waals surface area contributed by atoms with Gasteiger partial charge in [0.2, 0.25) is 5.91 Å². The monoisotopic (exact) mass is 379 g/mol. The summed E-state index contributed by atoms with van der Waals surface area (Å²) in [4.78, 5) is 31.0. The van der Waals surface area contributed by atoms with E-state index in [1.807, 2.05) is 48.5 Å². The first-order valence-electron chi connectivity index (χ1n) is 8.39. The molecule has 1 aromatic heterocycles. The molecule has 0 saturated carbocycles. The zero-order valence-electron chi connectivity index (χ0n) is 14.6. The van der Waals surface area contributed by atoms with Crippen LogP contribution in [0.2, 0.25) is 0 Å². The first kappa shape index (κ1) is 17.2. The molecule has 7 heteroatoms. The summed E-state index contributed by atoms with van der Waals surface area (Å²) in [6, 6.07) is 14.2. The minimum Gasteiger partial charge on any atom is -0.497 e. The van der Waals surface area contributed by atoms with Crippen LogP contribution in [0.1, 0.15) is 16.1 Å². The molecular weight excluding hydrogens is 362 g/mol. The largest absolute Gasteiger partial charge is 0.497 e. The number of ether oxygens (including phenoxy) is 1. The van der Waals surface area contributed by atoms with Gasteiger partial charge < -0.3 is 10.5 Å². The minimum atomic E-state index is -0.693. The van der Waals surface area contributed by atoms with Crippen molar-refractivity contribution >= 4 is 28.8 Å². The molecule has 1 aliphatic rings. The fraction of sp³-hybridized carbons (Fsp3) is 0.150. The van der Waals surface area contributed by atoms with Gasteiger partial charge in [-0.3, -0.25) is 14.5 Å². The van der Waals surface area contributed by atoms with E-state index < -0.39 is 11.9 Å². The lowest BCUT2D eigenvalue weighted by Crippen LogP contribution is -2.46. The Morgan fingerprint density at radius 2 is 1.93 bits per heavy atom. The van der Waals surface area contributed by atoms with Crippen molar-refractivity contribution in [3.05, 3.63) is 65.2 Å². The van der Waals surface area contributed by atoms with Gasteiger partial charge in [0.1, 0.15) is 22.5 Å². The number of nitrogens with two attached hydrogens (primary N) is 1. The van der Waals surface area contributed by atoms with Crippen molar-refractivity contribution in [1.82, 2.24) is 4.98 Å². The van der Waals surface area contributed by atoms with Crippen LogP contribution in [0.4, 0.5) is 5.69 Å². The zero-order valence-corrected chi connectivity index (χ0v) is 15.4. The summed E-state index contributed by atoms with van der Waals surface area (Å²) >= 11 is 1.38. The van der Waals surface area contributed by atoms with E-state index in [1.54, 1.807) is 12.5 Å². The van der Waals surface area contributed by atoms with E-state index in [1.165, 1.54) is 16.2 Å². The van der Waals surface area contributed by atoms with Gasteiger partial charge in [0.05, 0.1) is 7.11 Å². The summed E-state index contributed by atoms with van der Waals surface area (Å²) in [5.74, 6) is -0.0884. The van der Waals surface area contributed by atoms with E-state index >= 15 is 0 Å². The first-order chi connectivity index (χ1) is 13.1. The molecular formula is C20H17N3O3S. The highest BCUT2D eigenvalue weighted by Crippen LogP contribution is 2.34. The predicted molar refractivity (Wildman–Crippen MR) is 104 cm³/mol. The molecule has 0 unspecified atom stereocenters. The molecule has 3 aromatic rings. The Kier molecular flexibility index (Phi) is 4.37. The Hall–Kier alpha value is -3.19. The van der Waals surface area contributed by atoms with Crippen molar-refractivity contribution in [3.8, 4) is 16.3 Å². The smallest absolute Gasteiger partial charge is 0.278 e. The number of para-hydroxylation sites is 1. The topological polar surface area (TPSA) is 85.5 Å². The number of primary amides is 1. The Morgan fingerprint density at radius 1 is 1.19 bits per heavy atom. The minimum absolute atomic E-state index is 0.300. The molecule has 4 rings (SSSR count). The number of hydrogen-bond donors (Lipinski definition) is 1. The fourth-order valence-corrected chi connectivity index (χ4v) is 4.03. The lowest BCUT2D eigenvalue weighted by molar-refractivity contribution is -0.119. The second-order valence-electron chi connectivity index (χ2n) is 6.19. The van der Waals surface area contributed by atoms with Gasteiger partial charge in [-0.15, -0.1) is 11.3 Å². The van der Waals surface area contributed by atoms with Crippen molar-refractivity contribution in [2.24, 2.45) is 5.73 Å². The number of carbonyl (C=O) groups excluding carboxylic acids is 2. The number of carbonyl (C=O) groups is 2. The highest BCUT2D eigenvalue weighted by atomic mass is 32.1. The van der Waals surface area contributed by atoms with Crippen LogP contribution in [0.15, 0.2) is 53.9 Å². The van der Waals surface area contributed by atoms with Gasteiger partial charge in [-0.05, 0) is 35.9 Å². The number of amides is 2. The molecule has 0 fully saturated rings. The molecule has 1 aliphatic heterocycles. The van der Waals surface area contributed by atoms with Crippen molar-refractivity contribution in [2.75, 3.05) is 12.0 Å². The lowest BCUT2D eigenvalue weighted by Gasteiger charge is -2.22. The zero-order chi connectivity index (χ0) is 19.0. The van der Waals surface area contributed by atoms with Crippen LogP contribution >= 0.6 is 11.3 Å². The molecule has 2 N–H and O–H groups in total. The van der Waals surface area contributed by atoms with Gasteiger partial charge in [0.25, 0.3) is 5.91 Å². The van der Waals surface area contributed by atoms with Crippen molar-refractivity contribution < 1.29 is 14.3 Å². The number of nitrogens with zero attached hydrogens (tertiary/aromatic N) is 2. The summed E-state index contributed by atoms with van der Waals surface area (Å²) in [7, 11) is 1.61. The average molecular weight is 379 g/mol. The molecule has 136 valence electrons. The van der Waals surface area contributed by atoms with Crippen molar-refractivity contribution in [2.45, 2.75) is 12.5 Å². The van der Waals surface area contributed by atoms with E-state index in [0.717, 1.165) is 21.9 Å². The highest BCUT2D eigenvalue weighted by molar-refractivity contribution is 7.13.